The molecule has 0 aliphatic heterocycles. The van der Waals surface area contributed by atoms with Gasteiger partial charge in [0.15, 0.2) is 0 Å². The van der Waals surface area contributed by atoms with Crippen LogP contribution in [0.1, 0.15) is 56.6 Å². The van der Waals surface area contributed by atoms with Gasteiger partial charge in [0.1, 0.15) is 18.3 Å². The van der Waals surface area contributed by atoms with Crippen LogP contribution in [0.25, 0.3) is 0 Å². The number of hydrogen-bond donors (Lipinski definition) is 3. The van der Waals surface area contributed by atoms with Crippen molar-refractivity contribution in [2.75, 3.05) is 13.2 Å². The zero-order valence-corrected chi connectivity index (χ0v) is 16.7. The Balaban J connectivity index is 0.000000516. The summed E-state index contributed by atoms with van der Waals surface area (Å²) in [5.41, 5.74) is 7.88. The van der Waals surface area contributed by atoms with Crippen molar-refractivity contribution in [1.82, 2.24) is 0 Å². The van der Waals surface area contributed by atoms with Crippen LogP contribution >= 0.6 is 0 Å². The number of ether oxygens (including phenoxy) is 1. The van der Waals surface area contributed by atoms with Crippen LogP contribution in [0.4, 0.5) is 13.2 Å². The minimum absolute atomic E-state index is 0.0900. The van der Waals surface area contributed by atoms with Crippen molar-refractivity contribution in [2.45, 2.75) is 51.6 Å². The fourth-order valence-electron chi connectivity index (χ4n) is 2.83. The number of aliphatic carboxylic acids is 2. The summed E-state index contributed by atoms with van der Waals surface area (Å²) in [7, 11) is 0. The van der Waals surface area contributed by atoms with Crippen LogP contribution in [0.15, 0.2) is 18.2 Å². The Labute approximate surface area is 167 Å². The quantitative estimate of drug-likeness (QED) is 0.588. The molecule has 1 unspecified atom stereocenters. The highest BCUT2D eigenvalue weighted by atomic mass is 19.4. The average molecular weight is 419 g/mol. The zero-order valence-electron chi connectivity index (χ0n) is 16.7. The number of carboxylic acids is 2. The molecule has 1 aliphatic rings. The average Bonchev–Trinajstić information content (AvgIpc) is 3.46. The Morgan fingerprint density at radius 2 is 1.69 bits per heavy atom. The Bertz CT molecular complexity index is 702. The van der Waals surface area contributed by atoms with Crippen LogP contribution in [0.3, 0.4) is 0 Å². The number of para-hydroxylation sites is 1. The molecule has 164 valence electrons. The van der Waals surface area contributed by atoms with Gasteiger partial charge in [0, 0.05) is 6.54 Å². The first-order valence-electron chi connectivity index (χ1n) is 9.38. The second-order valence-corrected chi connectivity index (χ2v) is 7.43. The van der Waals surface area contributed by atoms with Gasteiger partial charge in [-0.05, 0) is 41.7 Å². The SMILES string of the molecule is CC(C)c1cccc([C@H](C)C2CC2)c1OCC(CN)C(=O)O.O=C(O)C(F)(F)F. The third kappa shape index (κ3) is 7.56. The fraction of sp³-hybridized carbons (Fsp3) is 0.600. The van der Waals surface area contributed by atoms with Gasteiger partial charge in [-0.15, -0.1) is 0 Å². The summed E-state index contributed by atoms with van der Waals surface area (Å²) < 4.78 is 37.7. The molecular formula is C20H28F3NO5. The van der Waals surface area contributed by atoms with E-state index >= 15 is 0 Å². The number of nitrogens with two attached hydrogens (primary N) is 1. The third-order valence-electron chi connectivity index (χ3n) is 4.82. The van der Waals surface area contributed by atoms with Gasteiger partial charge in [-0.1, -0.05) is 39.0 Å². The van der Waals surface area contributed by atoms with Crippen LogP contribution in [0.5, 0.6) is 5.75 Å². The molecule has 4 N–H and O–H groups in total. The number of hydrogen-bond acceptors (Lipinski definition) is 4. The normalized spacial score (nSPS) is 15.9. The molecule has 1 aliphatic carbocycles. The van der Waals surface area contributed by atoms with E-state index in [1.54, 1.807) is 0 Å². The van der Waals surface area contributed by atoms with Crippen molar-refractivity contribution in [1.29, 1.82) is 0 Å². The van der Waals surface area contributed by atoms with Crippen molar-refractivity contribution >= 4 is 11.9 Å². The third-order valence-corrected chi connectivity index (χ3v) is 4.82. The number of carboxylic acid groups (broad SMARTS) is 2. The molecule has 0 radical (unpaired) electrons. The topological polar surface area (TPSA) is 110 Å². The first-order valence-corrected chi connectivity index (χ1v) is 9.38. The van der Waals surface area contributed by atoms with Gasteiger partial charge in [-0.25, -0.2) is 4.79 Å². The largest absolute Gasteiger partial charge is 0.492 e. The summed E-state index contributed by atoms with van der Waals surface area (Å²) in [5.74, 6) is -1.93. The highest BCUT2D eigenvalue weighted by Crippen LogP contribution is 2.46. The maximum Gasteiger partial charge on any atom is 0.490 e. The lowest BCUT2D eigenvalue weighted by molar-refractivity contribution is -0.192. The highest BCUT2D eigenvalue weighted by Gasteiger charge is 2.38. The standard InChI is InChI=1S/C18H27NO3.C2HF3O2/c1-11(2)15-5-4-6-16(12(3)13-7-8-13)17(15)22-10-14(9-19)18(20)21;3-2(4,5)1(6)7/h4-6,11-14H,7-10,19H2,1-3H3,(H,20,21);(H,6,7)/t12-,14?;/m1./s1. The highest BCUT2D eigenvalue weighted by molar-refractivity contribution is 5.73. The molecule has 0 aromatic heterocycles. The maximum absolute atomic E-state index is 11.1. The summed E-state index contributed by atoms with van der Waals surface area (Å²) in [6.45, 7) is 6.71. The number of rotatable bonds is 8. The summed E-state index contributed by atoms with van der Waals surface area (Å²) >= 11 is 0. The summed E-state index contributed by atoms with van der Waals surface area (Å²) in [5, 5.41) is 16.3. The van der Waals surface area contributed by atoms with E-state index < -0.39 is 24.0 Å². The molecular weight excluding hydrogens is 391 g/mol. The molecule has 1 saturated carbocycles. The molecule has 0 bridgehead atoms. The maximum atomic E-state index is 11.1. The number of carbonyl (C=O) groups is 2. The molecule has 9 heteroatoms. The minimum Gasteiger partial charge on any atom is -0.492 e. The summed E-state index contributed by atoms with van der Waals surface area (Å²) in [6.07, 6.45) is -2.54. The van der Waals surface area contributed by atoms with Gasteiger partial charge in [0.25, 0.3) is 0 Å². The molecule has 0 amide bonds. The van der Waals surface area contributed by atoms with E-state index in [2.05, 4.69) is 39.0 Å². The second kappa shape index (κ2) is 10.5. The molecule has 1 aromatic carbocycles. The van der Waals surface area contributed by atoms with Crippen molar-refractivity contribution in [3.8, 4) is 5.75 Å². The molecule has 0 saturated heterocycles. The van der Waals surface area contributed by atoms with Crippen molar-refractivity contribution in [3.05, 3.63) is 29.3 Å². The predicted molar refractivity (Wildman–Crippen MR) is 101 cm³/mol. The second-order valence-electron chi connectivity index (χ2n) is 7.43. The molecule has 6 nitrogen and oxygen atoms in total. The van der Waals surface area contributed by atoms with E-state index in [0.29, 0.717) is 11.8 Å². The Hall–Kier alpha value is -2.29. The molecule has 1 aromatic rings. The van der Waals surface area contributed by atoms with Crippen molar-refractivity contribution in [2.24, 2.45) is 17.6 Å². The Kier molecular flexibility index (Phi) is 8.94. The smallest absolute Gasteiger partial charge is 0.490 e. The lowest BCUT2D eigenvalue weighted by atomic mass is 9.90. The lowest BCUT2D eigenvalue weighted by Crippen LogP contribution is -2.29. The van der Waals surface area contributed by atoms with Crippen LogP contribution in [0, 0.1) is 11.8 Å². The van der Waals surface area contributed by atoms with E-state index in [4.69, 9.17) is 25.5 Å². The molecule has 29 heavy (non-hydrogen) atoms. The molecule has 2 atom stereocenters. The minimum atomic E-state index is -5.08. The Morgan fingerprint density at radius 1 is 1.17 bits per heavy atom. The van der Waals surface area contributed by atoms with E-state index in [-0.39, 0.29) is 13.2 Å². The number of benzene rings is 1. The monoisotopic (exact) mass is 419 g/mol. The van der Waals surface area contributed by atoms with Crippen LogP contribution in [-0.4, -0.2) is 41.5 Å². The number of halogens is 3. The summed E-state index contributed by atoms with van der Waals surface area (Å²) in [4.78, 5) is 20.0. The van der Waals surface area contributed by atoms with E-state index in [9.17, 15) is 18.0 Å². The first kappa shape index (κ1) is 24.7. The lowest BCUT2D eigenvalue weighted by Gasteiger charge is -2.22. The number of alkyl halides is 3. The molecule has 0 heterocycles. The van der Waals surface area contributed by atoms with Gasteiger partial charge < -0.3 is 20.7 Å². The van der Waals surface area contributed by atoms with Gasteiger partial charge in [0.05, 0.1) is 0 Å². The summed E-state index contributed by atoms with van der Waals surface area (Å²) in [6, 6.07) is 6.26. The van der Waals surface area contributed by atoms with E-state index in [1.165, 1.54) is 18.4 Å². The van der Waals surface area contributed by atoms with Crippen LogP contribution in [0.2, 0.25) is 0 Å². The predicted octanol–water partition coefficient (Wildman–Crippen LogP) is 4.00. The zero-order chi connectivity index (χ0) is 22.4. The van der Waals surface area contributed by atoms with E-state index in [0.717, 1.165) is 17.2 Å². The van der Waals surface area contributed by atoms with Gasteiger partial charge >= 0.3 is 18.1 Å². The fourth-order valence-corrected chi connectivity index (χ4v) is 2.83. The molecule has 1 fully saturated rings. The van der Waals surface area contributed by atoms with Crippen molar-refractivity contribution in [3.63, 3.8) is 0 Å². The molecule has 2 rings (SSSR count). The van der Waals surface area contributed by atoms with Crippen LogP contribution in [-0.2, 0) is 9.59 Å². The van der Waals surface area contributed by atoms with Gasteiger partial charge in [-0.3, -0.25) is 4.79 Å². The van der Waals surface area contributed by atoms with Gasteiger partial charge in [-0.2, -0.15) is 13.2 Å². The Morgan fingerprint density at radius 3 is 2.07 bits per heavy atom. The van der Waals surface area contributed by atoms with E-state index in [1.807, 2.05) is 0 Å². The van der Waals surface area contributed by atoms with Crippen LogP contribution < -0.4 is 10.5 Å². The first-order chi connectivity index (χ1) is 13.4. The van der Waals surface area contributed by atoms with Crippen molar-refractivity contribution < 1.29 is 37.7 Å². The van der Waals surface area contributed by atoms with Gasteiger partial charge in [0.2, 0.25) is 0 Å². The molecule has 0 spiro atoms.